The van der Waals surface area contributed by atoms with Gasteiger partial charge < -0.3 is 4.74 Å². The average molecular weight is 371 g/mol. The standard InChI is InChI=1S/C22H17N3O3/c26-25(27)17-11-12-21-18(13-17)20-14-19(15-7-3-1-4-8-15)23-24(20)22(28-21)16-9-5-2-6-10-16/h1-13,20,22H,14H2. The lowest BCUT2D eigenvalue weighted by Crippen LogP contribution is -2.33. The second-order valence-electron chi connectivity index (χ2n) is 6.87. The van der Waals surface area contributed by atoms with Crippen molar-refractivity contribution in [2.75, 3.05) is 0 Å². The topological polar surface area (TPSA) is 68.0 Å². The molecule has 0 fully saturated rings. The van der Waals surface area contributed by atoms with Gasteiger partial charge in [0, 0.05) is 29.7 Å². The van der Waals surface area contributed by atoms with Gasteiger partial charge in [0.2, 0.25) is 6.23 Å². The molecule has 3 aromatic rings. The molecule has 0 N–H and O–H groups in total. The van der Waals surface area contributed by atoms with E-state index in [1.165, 1.54) is 6.07 Å². The number of nitro benzene ring substituents is 1. The van der Waals surface area contributed by atoms with Gasteiger partial charge in [0.25, 0.3) is 5.69 Å². The summed E-state index contributed by atoms with van der Waals surface area (Å²) >= 11 is 0. The van der Waals surface area contributed by atoms with E-state index in [0.717, 1.165) is 22.4 Å². The van der Waals surface area contributed by atoms with Gasteiger partial charge in [0.1, 0.15) is 5.75 Å². The minimum atomic E-state index is -0.374. The number of nitro groups is 1. The summed E-state index contributed by atoms with van der Waals surface area (Å²) in [6.45, 7) is 0. The first-order valence-corrected chi connectivity index (χ1v) is 9.12. The average Bonchev–Trinajstić information content (AvgIpc) is 3.20. The van der Waals surface area contributed by atoms with Crippen LogP contribution in [0.25, 0.3) is 0 Å². The molecule has 0 bridgehead atoms. The highest BCUT2D eigenvalue weighted by Gasteiger charge is 2.41. The van der Waals surface area contributed by atoms with Crippen LogP contribution in [0.1, 0.15) is 35.4 Å². The Kier molecular flexibility index (Phi) is 3.83. The van der Waals surface area contributed by atoms with Gasteiger partial charge in [-0.25, -0.2) is 5.01 Å². The Balaban J connectivity index is 1.62. The Hall–Kier alpha value is -3.67. The number of fused-ring (bicyclic) bond motifs is 3. The number of non-ortho nitro benzene ring substituents is 1. The van der Waals surface area contributed by atoms with E-state index in [2.05, 4.69) is 0 Å². The molecule has 3 aromatic carbocycles. The molecule has 0 radical (unpaired) electrons. The molecule has 6 heteroatoms. The predicted molar refractivity (Wildman–Crippen MR) is 105 cm³/mol. The summed E-state index contributed by atoms with van der Waals surface area (Å²) in [5.41, 5.74) is 3.87. The number of rotatable bonds is 3. The molecule has 5 rings (SSSR count). The largest absolute Gasteiger partial charge is 0.464 e. The Morgan fingerprint density at radius 2 is 1.71 bits per heavy atom. The van der Waals surface area contributed by atoms with Crippen LogP contribution >= 0.6 is 0 Å². The molecule has 6 nitrogen and oxygen atoms in total. The number of hydrazone groups is 1. The molecule has 0 spiro atoms. The van der Waals surface area contributed by atoms with Crippen molar-refractivity contribution in [3.05, 3.63) is 106 Å². The molecule has 2 unspecified atom stereocenters. The molecule has 28 heavy (non-hydrogen) atoms. The van der Waals surface area contributed by atoms with Crippen LogP contribution in [0.15, 0.2) is 84.0 Å². The van der Waals surface area contributed by atoms with Gasteiger partial charge in [-0.1, -0.05) is 60.7 Å². The molecule has 0 aliphatic carbocycles. The molecule has 2 heterocycles. The van der Waals surface area contributed by atoms with Gasteiger partial charge in [-0.15, -0.1) is 0 Å². The molecule has 0 saturated heterocycles. The van der Waals surface area contributed by atoms with Crippen molar-refractivity contribution in [2.24, 2.45) is 5.10 Å². The first kappa shape index (κ1) is 16.5. The molecule has 0 aromatic heterocycles. The third-order valence-electron chi connectivity index (χ3n) is 5.18. The van der Waals surface area contributed by atoms with Crippen molar-refractivity contribution in [1.29, 1.82) is 0 Å². The summed E-state index contributed by atoms with van der Waals surface area (Å²) < 4.78 is 6.25. The zero-order valence-electron chi connectivity index (χ0n) is 14.9. The van der Waals surface area contributed by atoms with E-state index in [1.54, 1.807) is 12.1 Å². The molecular weight excluding hydrogens is 354 g/mol. The Labute approximate surface area is 161 Å². The molecular formula is C22H17N3O3. The van der Waals surface area contributed by atoms with Crippen LogP contribution in [0.4, 0.5) is 5.69 Å². The fraction of sp³-hybridized carbons (Fsp3) is 0.136. The van der Waals surface area contributed by atoms with Gasteiger partial charge in [-0.2, -0.15) is 5.10 Å². The normalized spacial score (nSPS) is 20.0. The van der Waals surface area contributed by atoms with E-state index in [4.69, 9.17) is 9.84 Å². The lowest BCUT2D eigenvalue weighted by atomic mass is 9.95. The smallest absolute Gasteiger partial charge is 0.270 e. The monoisotopic (exact) mass is 371 g/mol. The van der Waals surface area contributed by atoms with Gasteiger partial charge in [0.15, 0.2) is 0 Å². The Bertz CT molecular complexity index is 1070. The van der Waals surface area contributed by atoms with Gasteiger partial charge in [-0.3, -0.25) is 10.1 Å². The van der Waals surface area contributed by atoms with Crippen molar-refractivity contribution in [1.82, 2.24) is 5.01 Å². The van der Waals surface area contributed by atoms with Crippen LogP contribution in [0.2, 0.25) is 0 Å². The van der Waals surface area contributed by atoms with E-state index in [1.807, 2.05) is 65.7 Å². The van der Waals surface area contributed by atoms with Gasteiger partial charge in [-0.05, 0) is 11.6 Å². The minimum absolute atomic E-state index is 0.0635. The van der Waals surface area contributed by atoms with Crippen LogP contribution in [0.5, 0.6) is 5.75 Å². The quantitative estimate of drug-likeness (QED) is 0.488. The van der Waals surface area contributed by atoms with E-state index in [-0.39, 0.29) is 22.9 Å². The number of ether oxygens (including phenoxy) is 1. The molecule has 138 valence electrons. The molecule has 2 atom stereocenters. The van der Waals surface area contributed by atoms with Crippen molar-refractivity contribution in [3.8, 4) is 5.75 Å². The minimum Gasteiger partial charge on any atom is -0.464 e. The fourth-order valence-corrected chi connectivity index (χ4v) is 3.83. The number of benzene rings is 3. The van der Waals surface area contributed by atoms with E-state index in [9.17, 15) is 10.1 Å². The fourth-order valence-electron chi connectivity index (χ4n) is 3.83. The molecule has 0 saturated carbocycles. The summed E-state index contributed by atoms with van der Waals surface area (Å²) in [7, 11) is 0. The van der Waals surface area contributed by atoms with Crippen molar-refractivity contribution >= 4 is 11.4 Å². The van der Waals surface area contributed by atoms with Crippen LogP contribution in [0.3, 0.4) is 0 Å². The number of hydrogen-bond acceptors (Lipinski definition) is 5. The number of hydrogen-bond donors (Lipinski definition) is 0. The molecule has 2 aliphatic heterocycles. The third kappa shape index (κ3) is 2.70. The first-order chi connectivity index (χ1) is 13.7. The second-order valence-corrected chi connectivity index (χ2v) is 6.87. The summed E-state index contributed by atoms with van der Waals surface area (Å²) in [4.78, 5) is 10.9. The third-order valence-corrected chi connectivity index (χ3v) is 5.18. The predicted octanol–water partition coefficient (Wildman–Crippen LogP) is 4.84. The lowest BCUT2D eigenvalue weighted by Gasteiger charge is -2.38. The van der Waals surface area contributed by atoms with Gasteiger partial charge >= 0.3 is 0 Å². The van der Waals surface area contributed by atoms with Crippen molar-refractivity contribution in [3.63, 3.8) is 0 Å². The highest BCUT2D eigenvalue weighted by atomic mass is 16.6. The summed E-state index contributed by atoms with van der Waals surface area (Å²) in [5, 5.41) is 18.1. The highest BCUT2D eigenvalue weighted by molar-refractivity contribution is 6.01. The molecule has 2 aliphatic rings. The number of nitrogens with zero attached hydrogens (tertiary/aromatic N) is 3. The van der Waals surface area contributed by atoms with Crippen LogP contribution in [-0.4, -0.2) is 15.6 Å². The van der Waals surface area contributed by atoms with Crippen LogP contribution in [0, 0.1) is 10.1 Å². The zero-order valence-corrected chi connectivity index (χ0v) is 14.9. The summed E-state index contributed by atoms with van der Waals surface area (Å²) in [6.07, 6.45) is 0.298. The van der Waals surface area contributed by atoms with E-state index >= 15 is 0 Å². The molecule has 0 amide bonds. The zero-order chi connectivity index (χ0) is 19.1. The maximum atomic E-state index is 11.3. The SMILES string of the molecule is O=[N+]([O-])c1ccc2c(c1)C1CC(c3ccccc3)=NN1C(c1ccccc1)O2. The maximum absolute atomic E-state index is 11.3. The summed E-state index contributed by atoms with van der Waals surface area (Å²) in [6, 6.07) is 24.6. The second kappa shape index (κ2) is 6.49. The van der Waals surface area contributed by atoms with Crippen molar-refractivity contribution < 1.29 is 9.66 Å². The lowest BCUT2D eigenvalue weighted by molar-refractivity contribution is -0.385. The van der Waals surface area contributed by atoms with Crippen LogP contribution < -0.4 is 4.74 Å². The van der Waals surface area contributed by atoms with E-state index < -0.39 is 0 Å². The van der Waals surface area contributed by atoms with E-state index in [0.29, 0.717) is 12.2 Å². The Morgan fingerprint density at radius 1 is 1.00 bits per heavy atom. The van der Waals surface area contributed by atoms with Crippen LogP contribution in [-0.2, 0) is 0 Å². The van der Waals surface area contributed by atoms with Gasteiger partial charge in [0.05, 0.1) is 16.7 Å². The Morgan fingerprint density at radius 3 is 2.43 bits per heavy atom. The van der Waals surface area contributed by atoms with Crippen molar-refractivity contribution in [2.45, 2.75) is 18.7 Å². The highest BCUT2D eigenvalue weighted by Crippen LogP contribution is 2.48. The maximum Gasteiger partial charge on any atom is 0.270 e. The summed E-state index contributed by atoms with van der Waals surface area (Å²) in [5.74, 6) is 0.671. The first-order valence-electron chi connectivity index (χ1n) is 9.12.